The van der Waals surface area contributed by atoms with Crippen molar-refractivity contribution in [3.8, 4) is 5.75 Å². The molecule has 2 aromatic rings. The van der Waals surface area contributed by atoms with Gasteiger partial charge < -0.3 is 10.5 Å². The van der Waals surface area contributed by atoms with Gasteiger partial charge in [-0.25, -0.2) is 0 Å². The monoisotopic (exact) mass is 338 g/mol. The normalized spacial score (nSPS) is 33.1. The maximum absolute atomic E-state index is 6.42. The largest absolute Gasteiger partial charge is 0.492 e. The maximum Gasteiger partial charge on any atom is 0.226 e. The summed E-state index contributed by atoms with van der Waals surface area (Å²) in [5, 5.41) is 8.09. The number of aromatic nitrogens is 3. The Bertz CT molecular complexity index is 817. The lowest BCUT2D eigenvalue weighted by atomic mass is 9.50. The van der Waals surface area contributed by atoms with Gasteiger partial charge in [0.1, 0.15) is 5.75 Å². The smallest absolute Gasteiger partial charge is 0.226 e. The second kappa shape index (κ2) is 5.23. The molecule has 0 spiro atoms. The molecule has 5 heteroatoms. The van der Waals surface area contributed by atoms with Gasteiger partial charge in [-0.3, -0.25) is 4.40 Å². The molecule has 0 aliphatic heterocycles. The van der Waals surface area contributed by atoms with Gasteiger partial charge in [0.05, 0.1) is 6.61 Å². The van der Waals surface area contributed by atoms with Gasteiger partial charge in [-0.2, -0.15) is 0 Å². The molecule has 0 saturated heterocycles. The molecule has 0 amide bonds. The summed E-state index contributed by atoms with van der Waals surface area (Å²) in [6, 6.07) is 1.95. The highest BCUT2D eigenvalue weighted by molar-refractivity contribution is 5.69. The minimum Gasteiger partial charge on any atom is -0.492 e. The summed E-state index contributed by atoms with van der Waals surface area (Å²) in [5.74, 6) is 4.07. The maximum atomic E-state index is 6.42. The number of rotatable bonds is 4. The second-order valence-electron chi connectivity index (χ2n) is 8.82. The van der Waals surface area contributed by atoms with E-state index in [0.717, 1.165) is 46.9 Å². The number of nitrogens with zero attached hydrogens (tertiary/aromatic N) is 3. The fourth-order valence-corrected chi connectivity index (χ4v) is 6.07. The summed E-state index contributed by atoms with van der Waals surface area (Å²) in [5.41, 5.74) is 8.96. The SMILES string of the molecule is C=C(C)c1cn2c(N)nnc2cc1OCC12CC3CC(CC(C3)C1)C2. The number of pyridine rings is 1. The molecule has 0 aromatic carbocycles. The molecular formula is C20H26N4O. The van der Waals surface area contributed by atoms with Crippen LogP contribution in [0.3, 0.4) is 0 Å². The summed E-state index contributed by atoms with van der Waals surface area (Å²) >= 11 is 0. The lowest BCUT2D eigenvalue weighted by Crippen LogP contribution is -2.48. The molecule has 4 aliphatic carbocycles. The zero-order valence-corrected chi connectivity index (χ0v) is 14.9. The molecule has 2 heterocycles. The van der Waals surface area contributed by atoms with Gasteiger partial charge >= 0.3 is 0 Å². The predicted molar refractivity (Wildman–Crippen MR) is 98.2 cm³/mol. The molecular weight excluding hydrogens is 312 g/mol. The first-order chi connectivity index (χ1) is 12.0. The average Bonchev–Trinajstić information content (AvgIpc) is 2.91. The highest BCUT2D eigenvalue weighted by atomic mass is 16.5. The predicted octanol–water partition coefficient (Wildman–Crippen LogP) is 3.94. The molecule has 132 valence electrons. The number of hydrogen-bond donors (Lipinski definition) is 1. The van der Waals surface area contributed by atoms with E-state index in [1.54, 1.807) is 4.40 Å². The fraction of sp³-hybridized carbons (Fsp3) is 0.600. The Kier molecular flexibility index (Phi) is 3.19. The van der Waals surface area contributed by atoms with E-state index in [0.29, 0.717) is 11.4 Å². The van der Waals surface area contributed by atoms with Crippen LogP contribution in [-0.4, -0.2) is 21.2 Å². The van der Waals surface area contributed by atoms with Gasteiger partial charge in [-0.15, -0.1) is 10.2 Å². The first kappa shape index (κ1) is 15.2. The van der Waals surface area contributed by atoms with Crippen molar-refractivity contribution in [2.24, 2.45) is 23.2 Å². The van der Waals surface area contributed by atoms with E-state index in [2.05, 4.69) is 16.8 Å². The van der Waals surface area contributed by atoms with Crippen LogP contribution < -0.4 is 10.5 Å². The minimum atomic E-state index is 0.389. The molecule has 2 N–H and O–H groups in total. The third-order valence-corrected chi connectivity index (χ3v) is 6.69. The highest BCUT2D eigenvalue weighted by Crippen LogP contribution is 2.60. The molecule has 4 bridgehead atoms. The molecule has 4 saturated carbocycles. The van der Waals surface area contributed by atoms with Gasteiger partial charge in [0.2, 0.25) is 5.95 Å². The molecule has 0 unspecified atom stereocenters. The van der Waals surface area contributed by atoms with Crippen LogP contribution in [0.4, 0.5) is 5.95 Å². The molecule has 0 radical (unpaired) electrons. The Morgan fingerprint density at radius 1 is 1.24 bits per heavy atom. The third kappa shape index (κ3) is 2.43. The van der Waals surface area contributed by atoms with Crippen LogP contribution in [0.5, 0.6) is 5.75 Å². The van der Waals surface area contributed by atoms with Crippen LogP contribution in [0.25, 0.3) is 11.2 Å². The molecule has 4 fully saturated rings. The van der Waals surface area contributed by atoms with E-state index in [1.165, 1.54) is 38.5 Å². The minimum absolute atomic E-state index is 0.389. The summed E-state index contributed by atoms with van der Waals surface area (Å²) in [4.78, 5) is 0. The highest BCUT2D eigenvalue weighted by Gasteiger charge is 2.51. The Labute approximate surface area is 148 Å². The number of nitrogen functional groups attached to an aromatic ring is 1. The Morgan fingerprint density at radius 2 is 1.88 bits per heavy atom. The van der Waals surface area contributed by atoms with Crippen LogP contribution >= 0.6 is 0 Å². The van der Waals surface area contributed by atoms with Crippen molar-refractivity contribution in [1.82, 2.24) is 14.6 Å². The Hall–Kier alpha value is -2.04. The average molecular weight is 338 g/mol. The van der Waals surface area contributed by atoms with Crippen molar-refractivity contribution in [2.45, 2.75) is 45.4 Å². The number of allylic oxidation sites excluding steroid dienone is 1. The van der Waals surface area contributed by atoms with Crippen LogP contribution in [0.15, 0.2) is 18.8 Å². The zero-order chi connectivity index (χ0) is 17.2. The summed E-state index contributed by atoms with van der Waals surface area (Å²) in [6.45, 7) is 6.92. The lowest BCUT2D eigenvalue weighted by molar-refractivity contribution is -0.0745. The zero-order valence-electron chi connectivity index (χ0n) is 14.9. The van der Waals surface area contributed by atoms with Crippen LogP contribution in [-0.2, 0) is 0 Å². The number of hydrogen-bond acceptors (Lipinski definition) is 4. The topological polar surface area (TPSA) is 65.4 Å². The van der Waals surface area contributed by atoms with E-state index in [-0.39, 0.29) is 0 Å². The van der Waals surface area contributed by atoms with Gasteiger partial charge in [0, 0.05) is 23.2 Å². The summed E-state index contributed by atoms with van der Waals surface area (Å²) in [7, 11) is 0. The van der Waals surface area contributed by atoms with Crippen molar-refractivity contribution in [3.63, 3.8) is 0 Å². The summed E-state index contributed by atoms with van der Waals surface area (Å²) in [6.07, 6.45) is 10.4. The Balaban J connectivity index is 1.44. The quantitative estimate of drug-likeness (QED) is 0.917. The van der Waals surface area contributed by atoms with Gasteiger partial charge in [-0.05, 0) is 68.8 Å². The standard InChI is InChI=1S/C20H26N4O/c1-12(2)16-10-24-18(22-23-19(24)21)6-17(16)25-11-20-7-13-3-14(8-20)5-15(4-13)9-20/h6,10,13-15H,1,3-5,7-9,11H2,2H3,(H2,21,23). The molecule has 2 aromatic heterocycles. The molecule has 0 atom stereocenters. The van der Waals surface area contributed by atoms with Gasteiger partial charge in [0.25, 0.3) is 0 Å². The molecule has 5 nitrogen and oxygen atoms in total. The number of fused-ring (bicyclic) bond motifs is 1. The fourth-order valence-electron chi connectivity index (χ4n) is 6.07. The van der Waals surface area contributed by atoms with E-state index in [4.69, 9.17) is 10.5 Å². The van der Waals surface area contributed by atoms with E-state index in [1.807, 2.05) is 19.2 Å². The van der Waals surface area contributed by atoms with E-state index >= 15 is 0 Å². The van der Waals surface area contributed by atoms with Gasteiger partial charge in [0.15, 0.2) is 5.65 Å². The van der Waals surface area contributed by atoms with E-state index in [9.17, 15) is 0 Å². The van der Waals surface area contributed by atoms with Crippen molar-refractivity contribution < 1.29 is 4.74 Å². The lowest BCUT2D eigenvalue weighted by Gasteiger charge is -2.56. The third-order valence-electron chi connectivity index (χ3n) is 6.69. The van der Waals surface area contributed by atoms with Crippen LogP contribution in [0.2, 0.25) is 0 Å². The van der Waals surface area contributed by atoms with Crippen molar-refractivity contribution >= 4 is 17.2 Å². The first-order valence-corrected chi connectivity index (χ1v) is 9.44. The van der Waals surface area contributed by atoms with Crippen LogP contribution in [0, 0.1) is 23.2 Å². The molecule has 25 heavy (non-hydrogen) atoms. The Morgan fingerprint density at radius 3 is 2.48 bits per heavy atom. The number of ether oxygens (including phenoxy) is 1. The van der Waals surface area contributed by atoms with Crippen molar-refractivity contribution in [1.29, 1.82) is 0 Å². The number of nitrogens with two attached hydrogens (primary N) is 1. The van der Waals surface area contributed by atoms with Gasteiger partial charge in [-0.1, -0.05) is 6.58 Å². The first-order valence-electron chi connectivity index (χ1n) is 9.44. The number of anilines is 1. The van der Waals surface area contributed by atoms with Crippen molar-refractivity contribution in [3.05, 3.63) is 24.4 Å². The van der Waals surface area contributed by atoms with E-state index < -0.39 is 0 Å². The summed E-state index contributed by atoms with van der Waals surface area (Å²) < 4.78 is 8.21. The van der Waals surface area contributed by atoms with Crippen LogP contribution in [0.1, 0.15) is 51.0 Å². The van der Waals surface area contributed by atoms with Crippen molar-refractivity contribution in [2.75, 3.05) is 12.3 Å². The molecule has 6 rings (SSSR count). The second-order valence-corrected chi connectivity index (χ2v) is 8.82. The molecule has 4 aliphatic rings.